The van der Waals surface area contributed by atoms with Crippen LogP contribution in [0, 0.1) is 11.3 Å². The lowest BCUT2D eigenvalue weighted by Gasteiger charge is -2.37. The van der Waals surface area contributed by atoms with Crippen LogP contribution in [0.1, 0.15) is 47.5 Å². The Morgan fingerprint density at radius 3 is 2.47 bits per heavy atom. The van der Waals surface area contributed by atoms with Gasteiger partial charge >= 0.3 is 11.9 Å². The first kappa shape index (κ1) is 16.0. The summed E-state index contributed by atoms with van der Waals surface area (Å²) in [4.78, 5) is 23.2. The fourth-order valence-corrected chi connectivity index (χ4v) is 2.20. The highest BCUT2D eigenvalue weighted by atomic mass is 16.5. The van der Waals surface area contributed by atoms with Gasteiger partial charge in [-0.15, -0.1) is 0 Å². The van der Waals surface area contributed by atoms with Gasteiger partial charge in [0.25, 0.3) is 0 Å². The van der Waals surface area contributed by atoms with E-state index in [1.54, 1.807) is 13.8 Å². The summed E-state index contributed by atoms with van der Waals surface area (Å²) in [5.41, 5.74) is -1.06. The first-order valence-corrected chi connectivity index (χ1v) is 6.75. The van der Waals surface area contributed by atoms with Gasteiger partial charge < -0.3 is 15.2 Å². The highest BCUT2D eigenvalue weighted by Gasteiger charge is 2.41. The second kappa shape index (κ2) is 5.49. The van der Waals surface area contributed by atoms with Gasteiger partial charge in [-0.05, 0) is 40.7 Å². The van der Waals surface area contributed by atoms with E-state index >= 15 is 0 Å². The van der Waals surface area contributed by atoms with E-state index in [2.05, 4.69) is 19.2 Å². The normalized spacial score (nSPS) is 24.6. The third-order valence-electron chi connectivity index (χ3n) is 4.06. The van der Waals surface area contributed by atoms with Gasteiger partial charge in [0, 0.05) is 12.0 Å². The van der Waals surface area contributed by atoms with Gasteiger partial charge in [-0.3, -0.25) is 9.59 Å². The van der Waals surface area contributed by atoms with E-state index in [9.17, 15) is 9.59 Å². The molecular weight excluding hydrogens is 246 g/mol. The maximum absolute atomic E-state index is 12.2. The summed E-state index contributed by atoms with van der Waals surface area (Å²) in [5.74, 6) is -2.17. The minimum atomic E-state index is -1.01. The Morgan fingerprint density at radius 1 is 1.42 bits per heavy atom. The largest absolute Gasteiger partial charge is 0.481 e. The van der Waals surface area contributed by atoms with Gasteiger partial charge in [-0.1, -0.05) is 6.92 Å². The van der Waals surface area contributed by atoms with Crippen molar-refractivity contribution in [1.82, 2.24) is 5.32 Å². The van der Waals surface area contributed by atoms with Crippen LogP contribution in [0.3, 0.4) is 0 Å². The van der Waals surface area contributed by atoms with Crippen molar-refractivity contribution in [2.75, 3.05) is 6.54 Å². The number of carboxylic acids is 1. The molecular formula is C14H25NO4. The van der Waals surface area contributed by atoms with Crippen molar-refractivity contribution < 1.29 is 19.4 Å². The van der Waals surface area contributed by atoms with Crippen LogP contribution >= 0.6 is 0 Å². The van der Waals surface area contributed by atoms with Crippen molar-refractivity contribution in [1.29, 1.82) is 0 Å². The van der Waals surface area contributed by atoms with Crippen LogP contribution in [0.4, 0.5) is 0 Å². The van der Waals surface area contributed by atoms with E-state index in [4.69, 9.17) is 9.84 Å². The standard InChI is InChI=1S/C14H25NO4/c1-9(11(16)17)14(4,5)12(18)19-10-6-7-15-13(2,3)8-10/h9-10,15H,6-8H2,1-5H3,(H,16,17). The number of carbonyl (C=O) groups is 2. The van der Waals surface area contributed by atoms with E-state index in [0.29, 0.717) is 0 Å². The zero-order valence-electron chi connectivity index (χ0n) is 12.4. The summed E-state index contributed by atoms with van der Waals surface area (Å²) in [6, 6.07) is 0. The predicted octanol–water partition coefficient (Wildman–Crippen LogP) is 1.81. The summed E-state index contributed by atoms with van der Waals surface area (Å²) in [7, 11) is 0. The number of aliphatic carboxylic acids is 1. The highest BCUT2D eigenvalue weighted by Crippen LogP contribution is 2.31. The van der Waals surface area contributed by atoms with Crippen LogP contribution < -0.4 is 5.32 Å². The maximum atomic E-state index is 12.2. The predicted molar refractivity (Wildman–Crippen MR) is 71.8 cm³/mol. The van der Waals surface area contributed by atoms with Crippen LogP contribution in [-0.4, -0.2) is 35.2 Å². The molecule has 0 aliphatic carbocycles. The molecule has 1 heterocycles. The molecule has 0 aromatic rings. The molecule has 2 unspecified atom stereocenters. The van der Waals surface area contributed by atoms with Crippen LogP contribution in [0.15, 0.2) is 0 Å². The number of ether oxygens (including phenoxy) is 1. The summed E-state index contributed by atoms with van der Waals surface area (Å²) < 4.78 is 5.52. The average Bonchev–Trinajstić information content (AvgIpc) is 2.26. The molecule has 2 atom stereocenters. The number of hydrogen-bond acceptors (Lipinski definition) is 4. The monoisotopic (exact) mass is 271 g/mol. The number of carboxylic acid groups (broad SMARTS) is 1. The molecule has 2 N–H and O–H groups in total. The average molecular weight is 271 g/mol. The number of esters is 1. The molecule has 110 valence electrons. The second-order valence-corrected chi connectivity index (χ2v) is 6.61. The molecule has 0 aromatic carbocycles. The van der Waals surface area contributed by atoms with E-state index in [1.807, 2.05) is 0 Å². The lowest BCUT2D eigenvalue weighted by atomic mass is 9.80. The number of rotatable bonds is 4. The van der Waals surface area contributed by atoms with Crippen molar-refractivity contribution in [3.8, 4) is 0 Å². The molecule has 1 aliphatic heterocycles. The Morgan fingerprint density at radius 2 is 2.00 bits per heavy atom. The Labute approximate surface area is 114 Å². The molecule has 0 saturated carbocycles. The number of piperidine rings is 1. The lowest BCUT2D eigenvalue weighted by Crippen LogP contribution is -2.50. The van der Waals surface area contributed by atoms with Gasteiger partial charge in [0.2, 0.25) is 0 Å². The minimum absolute atomic E-state index is 0.0498. The quantitative estimate of drug-likeness (QED) is 0.763. The van der Waals surface area contributed by atoms with Crippen molar-refractivity contribution >= 4 is 11.9 Å². The summed E-state index contributed by atoms with van der Waals surface area (Å²) in [6.07, 6.45) is 1.38. The fraction of sp³-hybridized carbons (Fsp3) is 0.857. The molecule has 1 aliphatic rings. The number of hydrogen-bond donors (Lipinski definition) is 2. The van der Waals surface area contributed by atoms with Crippen molar-refractivity contribution in [3.63, 3.8) is 0 Å². The Balaban J connectivity index is 2.66. The van der Waals surface area contributed by atoms with Gasteiger partial charge in [-0.25, -0.2) is 0 Å². The molecule has 19 heavy (non-hydrogen) atoms. The van der Waals surface area contributed by atoms with Crippen molar-refractivity contribution in [2.24, 2.45) is 11.3 Å². The SMILES string of the molecule is CC(C(=O)O)C(C)(C)C(=O)OC1CCNC(C)(C)C1. The summed E-state index contributed by atoms with van der Waals surface area (Å²) >= 11 is 0. The van der Waals surface area contributed by atoms with Crippen LogP contribution in [0.25, 0.3) is 0 Å². The fourth-order valence-electron chi connectivity index (χ4n) is 2.20. The van der Waals surface area contributed by atoms with Crippen LogP contribution in [0.5, 0.6) is 0 Å². The summed E-state index contributed by atoms with van der Waals surface area (Å²) in [6.45, 7) is 9.73. The van der Waals surface area contributed by atoms with E-state index in [1.165, 1.54) is 6.92 Å². The summed E-state index contributed by atoms with van der Waals surface area (Å²) in [5, 5.41) is 12.4. The van der Waals surface area contributed by atoms with Crippen molar-refractivity contribution in [3.05, 3.63) is 0 Å². The van der Waals surface area contributed by atoms with Crippen molar-refractivity contribution in [2.45, 2.75) is 59.1 Å². The minimum Gasteiger partial charge on any atom is -0.481 e. The van der Waals surface area contributed by atoms with E-state index in [-0.39, 0.29) is 11.6 Å². The van der Waals surface area contributed by atoms with Crippen LogP contribution in [-0.2, 0) is 14.3 Å². The zero-order chi connectivity index (χ0) is 14.8. The molecule has 1 saturated heterocycles. The second-order valence-electron chi connectivity index (χ2n) is 6.61. The third kappa shape index (κ3) is 3.93. The van der Waals surface area contributed by atoms with Gasteiger partial charge in [0.1, 0.15) is 6.10 Å². The van der Waals surface area contributed by atoms with E-state index in [0.717, 1.165) is 19.4 Å². The van der Waals surface area contributed by atoms with Crippen LogP contribution in [0.2, 0.25) is 0 Å². The molecule has 5 nitrogen and oxygen atoms in total. The Kier molecular flexibility index (Phi) is 4.61. The maximum Gasteiger partial charge on any atom is 0.312 e. The molecule has 0 amide bonds. The third-order valence-corrected chi connectivity index (χ3v) is 4.06. The van der Waals surface area contributed by atoms with Gasteiger partial charge in [-0.2, -0.15) is 0 Å². The molecule has 1 fully saturated rings. The molecule has 0 radical (unpaired) electrons. The van der Waals surface area contributed by atoms with Gasteiger partial charge in [0.05, 0.1) is 11.3 Å². The molecule has 5 heteroatoms. The zero-order valence-corrected chi connectivity index (χ0v) is 12.4. The van der Waals surface area contributed by atoms with E-state index < -0.39 is 23.3 Å². The molecule has 0 bridgehead atoms. The first-order chi connectivity index (χ1) is 8.56. The number of carbonyl (C=O) groups excluding carboxylic acids is 1. The highest BCUT2D eigenvalue weighted by molar-refractivity contribution is 5.83. The Bertz CT molecular complexity index is 362. The lowest BCUT2D eigenvalue weighted by molar-refractivity contribution is -0.170. The topological polar surface area (TPSA) is 75.6 Å². The van der Waals surface area contributed by atoms with Gasteiger partial charge in [0.15, 0.2) is 0 Å². The molecule has 1 rings (SSSR count). The molecule has 0 spiro atoms. The Hall–Kier alpha value is -1.10. The smallest absolute Gasteiger partial charge is 0.312 e. The first-order valence-electron chi connectivity index (χ1n) is 6.75. The number of nitrogens with one attached hydrogen (secondary N) is 1. The molecule has 0 aromatic heterocycles.